The predicted octanol–water partition coefficient (Wildman–Crippen LogP) is 5.53. The van der Waals surface area contributed by atoms with Crippen LogP contribution in [0.15, 0.2) is 48.5 Å². The second-order valence-corrected chi connectivity index (χ2v) is 9.40. The first-order valence-corrected chi connectivity index (χ1v) is 11.0. The van der Waals surface area contributed by atoms with Crippen LogP contribution in [0.1, 0.15) is 55.7 Å². The summed E-state index contributed by atoms with van der Waals surface area (Å²) in [6.07, 6.45) is 3.46. The van der Waals surface area contributed by atoms with Crippen molar-refractivity contribution in [3.05, 3.63) is 65.2 Å². The highest BCUT2D eigenvalue weighted by Crippen LogP contribution is 2.39. The van der Waals surface area contributed by atoms with Crippen molar-refractivity contribution < 1.29 is 4.74 Å². The van der Waals surface area contributed by atoms with Gasteiger partial charge in [-0.25, -0.2) is 0 Å². The van der Waals surface area contributed by atoms with Crippen molar-refractivity contribution >= 4 is 5.69 Å². The van der Waals surface area contributed by atoms with Crippen molar-refractivity contribution in [2.45, 2.75) is 58.1 Å². The lowest BCUT2D eigenvalue weighted by molar-refractivity contribution is -0.0771. The molecular weight excluding hydrogens is 356 g/mol. The molecule has 3 nitrogen and oxygen atoms in total. The zero-order valence-electron chi connectivity index (χ0n) is 18.9. The topological polar surface area (TPSA) is 24.5 Å². The molecule has 0 bridgehead atoms. The van der Waals surface area contributed by atoms with Gasteiger partial charge < -0.3 is 15.0 Å². The molecule has 2 atom stereocenters. The number of ether oxygens (including phenoxy) is 1. The molecule has 1 aliphatic heterocycles. The van der Waals surface area contributed by atoms with Crippen molar-refractivity contribution in [1.29, 1.82) is 0 Å². The van der Waals surface area contributed by atoms with E-state index in [1.54, 1.807) is 0 Å². The Kier molecular flexibility index (Phi) is 7.37. The molecule has 1 heterocycles. The number of nitrogens with zero attached hydrogens (tertiary/aromatic N) is 1. The summed E-state index contributed by atoms with van der Waals surface area (Å²) in [6, 6.07) is 18.0. The van der Waals surface area contributed by atoms with E-state index in [0.29, 0.717) is 11.8 Å². The van der Waals surface area contributed by atoms with Crippen LogP contribution >= 0.6 is 0 Å². The normalized spacial score (nSPS) is 19.7. The van der Waals surface area contributed by atoms with Gasteiger partial charge >= 0.3 is 0 Å². The second-order valence-electron chi connectivity index (χ2n) is 9.40. The van der Waals surface area contributed by atoms with Crippen LogP contribution < -0.4 is 10.2 Å². The summed E-state index contributed by atoms with van der Waals surface area (Å²) in [6.45, 7) is 9.48. The molecule has 1 N–H and O–H groups in total. The monoisotopic (exact) mass is 394 g/mol. The summed E-state index contributed by atoms with van der Waals surface area (Å²) < 4.78 is 5.99. The zero-order valence-corrected chi connectivity index (χ0v) is 18.9. The summed E-state index contributed by atoms with van der Waals surface area (Å²) in [5.41, 5.74) is 5.40. The van der Waals surface area contributed by atoms with Crippen LogP contribution in [-0.2, 0) is 11.3 Å². The fourth-order valence-corrected chi connectivity index (χ4v) is 4.51. The van der Waals surface area contributed by atoms with Crippen LogP contribution in [-0.4, -0.2) is 32.8 Å². The third kappa shape index (κ3) is 6.32. The van der Waals surface area contributed by atoms with Crippen LogP contribution in [0.3, 0.4) is 0 Å². The van der Waals surface area contributed by atoms with E-state index < -0.39 is 0 Å². The van der Waals surface area contributed by atoms with Gasteiger partial charge in [0, 0.05) is 32.9 Å². The van der Waals surface area contributed by atoms with Gasteiger partial charge in [0.1, 0.15) is 0 Å². The van der Waals surface area contributed by atoms with E-state index >= 15 is 0 Å². The van der Waals surface area contributed by atoms with Crippen LogP contribution in [0.5, 0.6) is 0 Å². The Morgan fingerprint density at radius 3 is 2.38 bits per heavy atom. The molecule has 1 saturated heterocycles. The molecule has 1 fully saturated rings. The molecule has 0 unspecified atom stereocenters. The van der Waals surface area contributed by atoms with Crippen molar-refractivity contribution in [1.82, 2.24) is 5.32 Å². The Hall–Kier alpha value is -1.84. The maximum absolute atomic E-state index is 5.99. The average molecular weight is 395 g/mol. The molecule has 1 aliphatic rings. The van der Waals surface area contributed by atoms with Crippen molar-refractivity contribution in [2.24, 2.45) is 5.92 Å². The maximum atomic E-state index is 5.99. The van der Waals surface area contributed by atoms with Gasteiger partial charge in [-0.1, -0.05) is 42.0 Å². The largest absolute Gasteiger partial charge is 0.378 e. The molecule has 0 amide bonds. The first kappa shape index (κ1) is 21.9. The smallest absolute Gasteiger partial charge is 0.0629 e. The van der Waals surface area contributed by atoms with Crippen LogP contribution in [0.4, 0.5) is 5.69 Å². The molecule has 2 aromatic rings. The van der Waals surface area contributed by atoms with Gasteiger partial charge in [-0.3, -0.25) is 0 Å². The molecule has 158 valence electrons. The van der Waals surface area contributed by atoms with Gasteiger partial charge in [0.15, 0.2) is 0 Å². The number of benzene rings is 2. The lowest BCUT2D eigenvalue weighted by atomic mass is 9.75. The minimum atomic E-state index is -0.00647. The molecule has 0 saturated carbocycles. The third-order valence-corrected chi connectivity index (χ3v) is 6.22. The average Bonchev–Trinajstić information content (AvgIpc) is 2.68. The Labute approximate surface area is 177 Å². The first-order valence-electron chi connectivity index (χ1n) is 11.0. The number of rotatable bonds is 8. The molecule has 29 heavy (non-hydrogen) atoms. The van der Waals surface area contributed by atoms with Gasteiger partial charge in [-0.15, -0.1) is 0 Å². The summed E-state index contributed by atoms with van der Waals surface area (Å²) in [5, 5.41) is 3.68. The summed E-state index contributed by atoms with van der Waals surface area (Å²) in [4.78, 5) is 2.14. The Morgan fingerprint density at radius 1 is 1.07 bits per heavy atom. The standard InChI is InChI=1S/C26H38N2O/c1-20-6-10-22(11-7-20)25(23-15-17-29-26(2,3)18-23)14-16-27-19-21-8-12-24(13-9-21)28(4)5/h6-13,23,25,27H,14-19H2,1-5H3/t23-,25+/m1/s1. The van der Waals surface area contributed by atoms with E-state index in [9.17, 15) is 0 Å². The molecular formula is C26H38N2O. The van der Waals surface area contributed by atoms with Crippen LogP contribution in [0.2, 0.25) is 0 Å². The van der Waals surface area contributed by atoms with Crippen LogP contribution in [0, 0.1) is 12.8 Å². The van der Waals surface area contributed by atoms with Crippen molar-refractivity contribution in [3.63, 3.8) is 0 Å². The third-order valence-electron chi connectivity index (χ3n) is 6.22. The van der Waals surface area contributed by atoms with E-state index in [2.05, 4.69) is 93.6 Å². The molecule has 0 aromatic heterocycles. The number of nitrogens with one attached hydrogen (secondary N) is 1. The van der Waals surface area contributed by atoms with Crippen molar-refractivity contribution in [3.8, 4) is 0 Å². The van der Waals surface area contributed by atoms with Crippen LogP contribution in [0.25, 0.3) is 0 Å². The van der Waals surface area contributed by atoms with Gasteiger partial charge in [-0.05, 0) is 81.7 Å². The van der Waals surface area contributed by atoms with Gasteiger partial charge in [0.25, 0.3) is 0 Å². The highest BCUT2D eigenvalue weighted by molar-refractivity contribution is 5.45. The lowest BCUT2D eigenvalue weighted by Crippen LogP contribution is -2.36. The fraction of sp³-hybridized carbons (Fsp3) is 0.538. The Balaban J connectivity index is 1.60. The molecule has 0 aliphatic carbocycles. The molecule has 3 heteroatoms. The lowest BCUT2D eigenvalue weighted by Gasteiger charge is -2.39. The number of hydrogen-bond donors (Lipinski definition) is 1. The van der Waals surface area contributed by atoms with E-state index in [0.717, 1.165) is 32.5 Å². The summed E-state index contributed by atoms with van der Waals surface area (Å²) in [5.74, 6) is 1.27. The van der Waals surface area contributed by atoms with Gasteiger partial charge in [0.2, 0.25) is 0 Å². The highest BCUT2D eigenvalue weighted by Gasteiger charge is 2.33. The zero-order chi connectivity index (χ0) is 20.9. The van der Waals surface area contributed by atoms with E-state index in [4.69, 9.17) is 4.74 Å². The first-order chi connectivity index (χ1) is 13.8. The number of anilines is 1. The fourth-order valence-electron chi connectivity index (χ4n) is 4.51. The quantitative estimate of drug-likeness (QED) is 0.596. The SMILES string of the molecule is Cc1ccc([C@H](CCNCc2ccc(N(C)C)cc2)[C@@H]2CCOC(C)(C)C2)cc1. The molecule has 2 aromatic carbocycles. The minimum absolute atomic E-state index is 0.00647. The van der Waals surface area contributed by atoms with E-state index in [1.807, 2.05) is 0 Å². The predicted molar refractivity (Wildman–Crippen MR) is 124 cm³/mol. The van der Waals surface area contributed by atoms with E-state index in [1.165, 1.54) is 28.8 Å². The maximum Gasteiger partial charge on any atom is 0.0629 e. The Morgan fingerprint density at radius 2 is 1.76 bits per heavy atom. The summed E-state index contributed by atoms with van der Waals surface area (Å²) >= 11 is 0. The molecule has 0 radical (unpaired) electrons. The van der Waals surface area contributed by atoms with Gasteiger partial charge in [-0.2, -0.15) is 0 Å². The molecule has 0 spiro atoms. The highest BCUT2D eigenvalue weighted by atomic mass is 16.5. The van der Waals surface area contributed by atoms with Crippen molar-refractivity contribution in [2.75, 3.05) is 32.1 Å². The number of aryl methyl sites for hydroxylation is 1. The van der Waals surface area contributed by atoms with E-state index in [-0.39, 0.29) is 5.60 Å². The Bertz CT molecular complexity index is 749. The summed E-state index contributed by atoms with van der Waals surface area (Å²) in [7, 11) is 4.16. The van der Waals surface area contributed by atoms with Gasteiger partial charge in [0.05, 0.1) is 5.60 Å². The molecule has 3 rings (SSSR count). The second kappa shape index (κ2) is 9.77. The minimum Gasteiger partial charge on any atom is -0.378 e. The number of hydrogen-bond acceptors (Lipinski definition) is 3.